The predicted molar refractivity (Wildman–Crippen MR) is 114 cm³/mol. The molecule has 1 aliphatic carbocycles. The van der Waals surface area contributed by atoms with Gasteiger partial charge in [0.25, 0.3) is 5.91 Å². The quantitative estimate of drug-likeness (QED) is 0.785. The van der Waals surface area contributed by atoms with Crippen LogP contribution in [0.25, 0.3) is 11.3 Å². The molecule has 0 bridgehead atoms. The van der Waals surface area contributed by atoms with Crippen molar-refractivity contribution >= 4 is 5.91 Å². The van der Waals surface area contributed by atoms with E-state index in [1.165, 1.54) is 0 Å². The van der Waals surface area contributed by atoms with Gasteiger partial charge in [-0.2, -0.15) is 0 Å². The Hall–Kier alpha value is -2.38. The number of ether oxygens (including phenoxy) is 3. The molecule has 2 aromatic rings. The van der Waals surface area contributed by atoms with Gasteiger partial charge in [-0.3, -0.25) is 4.79 Å². The molecular weight excluding hydrogens is 382 g/mol. The number of carbonyl (C=O) groups is 1. The molecule has 4 rings (SSSR count). The van der Waals surface area contributed by atoms with Crippen LogP contribution in [0.4, 0.5) is 0 Å². The average Bonchev–Trinajstić information content (AvgIpc) is 3.15. The fourth-order valence-corrected chi connectivity index (χ4v) is 3.99. The second-order valence-electron chi connectivity index (χ2n) is 8.75. The Kier molecular flexibility index (Phi) is 6.11. The topological polar surface area (TPSA) is 74.6 Å². The molecule has 2 aliphatic rings. The first-order valence-corrected chi connectivity index (χ1v) is 10.7. The van der Waals surface area contributed by atoms with E-state index in [1.54, 1.807) is 13.4 Å². The molecule has 0 atom stereocenters. The first-order chi connectivity index (χ1) is 14.4. The average molecular weight is 414 g/mol. The van der Waals surface area contributed by atoms with Crippen molar-refractivity contribution in [3.05, 3.63) is 36.3 Å². The molecule has 7 heteroatoms. The number of imidazole rings is 1. The van der Waals surface area contributed by atoms with Gasteiger partial charge in [0, 0.05) is 24.3 Å². The zero-order valence-electron chi connectivity index (χ0n) is 18.0. The first-order valence-electron chi connectivity index (χ1n) is 10.7. The Balaban J connectivity index is 1.35. The summed E-state index contributed by atoms with van der Waals surface area (Å²) < 4.78 is 19.3. The van der Waals surface area contributed by atoms with Crippen molar-refractivity contribution < 1.29 is 19.0 Å². The lowest BCUT2D eigenvalue weighted by Gasteiger charge is -2.32. The SMILES string of the molecule is COC(C)(C)COC1CCC(NC(=O)c2ccc3c(c2)-c2cncn2CCO3)CC1. The van der Waals surface area contributed by atoms with Crippen molar-refractivity contribution in [2.45, 2.75) is 63.8 Å². The zero-order chi connectivity index (χ0) is 21.1. The third kappa shape index (κ3) is 4.68. The monoisotopic (exact) mass is 413 g/mol. The minimum absolute atomic E-state index is 0.0435. The summed E-state index contributed by atoms with van der Waals surface area (Å²) in [6, 6.07) is 5.80. The summed E-state index contributed by atoms with van der Waals surface area (Å²) in [6.45, 7) is 5.97. The van der Waals surface area contributed by atoms with Gasteiger partial charge in [0.2, 0.25) is 0 Å². The minimum Gasteiger partial charge on any atom is -0.491 e. The number of nitrogens with zero attached hydrogens (tertiary/aromatic N) is 2. The van der Waals surface area contributed by atoms with E-state index in [-0.39, 0.29) is 23.7 Å². The molecule has 0 saturated heterocycles. The smallest absolute Gasteiger partial charge is 0.251 e. The highest BCUT2D eigenvalue weighted by atomic mass is 16.5. The van der Waals surface area contributed by atoms with Crippen LogP contribution in [0, 0.1) is 0 Å². The van der Waals surface area contributed by atoms with Gasteiger partial charge >= 0.3 is 0 Å². The van der Waals surface area contributed by atoms with E-state index in [2.05, 4.69) is 14.9 Å². The van der Waals surface area contributed by atoms with Crippen molar-refractivity contribution in [1.82, 2.24) is 14.9 Å². The van der Waals surface area contributed by atoms with Crippen molar-refractivity contribution in [1.29, 1.82) is 0 Å². The van der Waals surface area contributed by atoms with Gasteiger partial charge in [-0.15, -0.1) is 0 Å². The van der Waals surface area contributed by atoms with Crippen LogP contribution in [0.3, 0.4) is 0 Å². The Morgan fingerprint density at radius 3 is 2.87 bits per heavy atom. The van der Waals surface area contributed by atoms with E-state index < -0.39 is 0 Å². The number of rotatable bonds is 6. The maximum absolute atomic E-state index is 12.9. The van der Waals surface area contributed by atoms with Crippen molar-refractivity contribution in [3.63, 3.8) is 0 Å². The van der Waals surface area contributed by atoms with Gasteiger partial charge in [0.1, 0.15) is 12.4 Å². The van der Waals surface area contributed by atoms with Crippen LogP contribution in [0.1, 0.15) is 49.9 Å². The van der Waals surface area contributed by atoms with E-state index in [9.17, 15) is 4.79 Å². The third-order valence-electron chi connectivity index (χ3n) is 6.05. The number of methoxy groups -OCH3 is 1. The van der Waals surface area contributed by atoms with E-state index in [0.717, 1.165) is 49.2 Å². The normalized spacial score (nSPS) is 21.2. The van der Waals surface area contributed by atoms with E-state index >= 15 is 0 Å². The molecule has 1 N–H and O–H groups in total. The highest BCUT2D eigenvalue weighted by Crippen LogP contribution is 2.33. The number of amides is 1. The Morgan fingerprint density at radius 1 is 1.30 bits per heavy atom. The number of hydrogen-bond acceptors (Lipinski definition) is 5. The van der Waals surface area contributed by atoms with E-state index in [1.807, 2.05) is 38.2 Å². The zero-order valence-corrected chi connectivity index (χ0v) is 18.0. The van der Waals surface area contributed by atoms with Gasteiger partial charge in [0.15, 0.2) is 0 Å². The Bertz CT molecular complexity index is 884. The highest BCUT2D eigenvalue weighted by Gasteiger charge is 2.26. The molecule has 1 aromatic carbocycles. The van der Waals surface area contributed by atoms with E-state index in [4.69, 9.17) is 14.2 Å². The summed E-state index contributed by atoms with van der Waals surface area (Å²) in [6.07, 6.45) is 7.59. The molecule has 0 unspecified atom stereocenters. The summed E-state index contributed by atoms with van der Waals surface area (Å²) in [4.78, 5) is 17.1. The molecule has 162 valence electrons. The maximum atomic E-state index is 12.9. The molecule has 1 fully saturated rings. The molecule has 30 heavy (non-hydrogen) atoms. The van der Waals surface area contributed by atoms with E-state index in [0.29, 0.717) is 18.8 Å². The molecule has 1 amide bonds. The van der Waals surface area contributed by atoms with Crippen LogP contribution in [-0.4, -0.2) is 53.5 Å². The van der Waals surface area contributed by atoms with Crippen molar-refractivity contribution in [3.8, 4) is 17.0 Å². The van der Waals surface area contributed by atoms with Crippen molar-refractivity contribution in [2.24, 2.45) is 0 Å². The van der Waals surface area contributed by atoms with Gasteiger partial charge in [-0.25, -0.2) is 4.98 Å². The summed E-state index contributed by atoms with van der Waals surface area (Å²) in [5.41, 5.74) is 2.27. The van der Waals surface area contributed by atoms with Crippen LogP contribution in [0.5, 0.6) is 5.75 Å². The van der Waals surface area contributed by atoms with Crippen LogP contribution in [-0.2, 0) is 16.0 Å². The minimum atomic E-state index is -0.268. The Labute approximate surface area is 177 Å². The number of aromatic nitrogens is 2. The maximum Gasteiger partial charge on any atom is 0.251 e. The third-order valence-corrected chi connectivity index (χ3v) is 6.05. The molecule has 1 aromatic heterocycles. The summed E-state index contributed by atoms with van der Waals surface area (Å²) >= 11 is 0. The molecule has 1 saturated carbocycles. The van der Waals surface area contributed by atoms with Crippen molar-refractivity contribution in [2.75, 3.05) is 20.3 Å². The molecule has 0 spiro atoms. The highest BCUT2D eigenvalue weighted by molar-refractivity contribution is 5.96. The Morgan fingerprint density at radius 2 is 2.10 bits per heavy atom. The largest absolute Gasteiger partial charge is 0.491 e. The number of hydrogen-bond donors (Lipinski definition) is 1. The fourth-order valence-electron chi connectivity index (χ4n) is 3.99. The fraction of sp³-hybridized carbons (Fsp3) is 0.565. The summed E-state index contributed by atoms with van der Waals surface area (Å²) in [5, 5.41) is 3.20. The second-order valence-corrected chi connectivity index (χ2v) is 8.75. The molecular formula is C23H31N3O4. The van der Waals surface area contributed by atoms with Crippen LogP contribution in [0.15, 0.2) is 30.7 Å². The van der Waals surface area contributed by atoms with Crippen LogP contribution >= 0.6 is 0 Å². The standard InChI is InChI=1S/C23H31N3O4/c1-23(2,28-3)14-30-18-7-5-17(6-8-18)25-22(27)16-4-9-21-19(12-16)20-13-24-15-26(20)10-11-29-21/h4,9,12-13,15,17-18H,5-8,10-11,14H2,1-3H3,(H,25,27). The summed E-state index contributed by atoms with van der Waals surface area (Å²) in [7, 11) is 1.71. The summed E-state index contributed by atoms with van der Waals surface area (Å²) in [5.74, 6) is 0.750. The predicted octanol–water partition coefficient (Wildman–Crippen LogP) is 3.43. The molecule has 0 radical (unpaired) electrons. The van der Waals surface area contributed by atoms with Gasteiger partial charge in [-0.05, 0) is 57.7 Å². The number of fused-ring (bicyclic) bond motifs is 3. The lowest BCUT2D eigenvalue weighted by Crippen LogP contribution is -2.40. The lowest BCUT2D eigenvalue weighted by molar-refractivity contribution is -0.0833. The number of carbonyl (C=O) groups excluding carboxylic acids is 1. The van der Waals surface area contributed by atoms with Gasteiger partial charge in [0.05, 0.1) is 43.1 Å². The first kappa shape index (κ1) is 20.9. The van der Waals surface area contributed by atoms with Gasteiger partial charge < -0.3 is 24.1 Å². The second kappa shape index (κ2) is 8.78. The van der Waals surface area contributed by atoms with Gasteiger partial charge in [-0.1, -0.05) is 0 Å². The number of benzene rings is 1. The lowest BCUT2D eigenvalue weighted by atomic mass is 9.92. The number of nitrogens with one attached hydrogen (secondary N) is 1. The molecule has 2 heterocycles. The molecule has 7 nitrogen and oxygen atoms in total. The van der Waals surface area contributed by atoms with Crippen LogP contribution in [0.2, 0.25) is 0 Å². The van der Waals surface area contributed by atoms with Crippen LogP contribution < -0.4 is 10.1 Å². The molecule has 1 aliphatic heterocycles.